The molecule has 3 amide bonds. The molecule has 4 heterocycles. The van der Waals surface area contributed by atoms with Crippen LogP contribution in [0.25, 0.3) is 22.2 Å². The van der Waals surface area contributed by atoms with Crippen LogP contribution in [-0.4, -0.2) is 87.7 Å². The number of benzene rings is 3. The number of halogens is 1. The molecule has 13 heteroatoms. The van der Waals surface area contributed by atoms with Crippen molar-refractivity contribution >= 4 is 34.4 Å². The lowest BCUT2D eigenvalue weighted by atomic mass is 10.00. The molecular formula is C45H53FN8O4. The van der Waals surface area contributed by atoms with Gasteiger partial charge in [-0.05, 0) is 91.8 Å². The van der Waals surface area contributed by atoms with Crippen LogP contribution in [0.15, 0.2) is 66.9 Å². The zero-order chi connectivity index (χ0) is 40.8. The van der Waals surface area contributed by atoms with Gasteiger partial charge >= 0.3 is 0 Å². The average molecular weight is 789 g/mol. The highest BCUT2D eigenvalue weighted by atomic mass is 19.1. The minimum Gasteiger partial charge on any atom is -0.381 e. The van der Waals surface area contributed by atoms with Gasteiger partial charge in [0.2, 0.25) is 5.91 Å². The Morgan fingerprint density at radius 1 is 0.879 bits per heavy atom. The molecule has 12 nitrogen and oxygen atoms in total. The standard InChI is InChI=1S/C45H53FN8O4/c1-5-41-38(42(50-36-12-18-58-19-13-36)39-27-49-54(6-2)43(39)51-41)26-48-45(57)35-21-29(3)20-34(24-35)44(56)47-25-31-10-11-40(46)37(23-31)33-9-7-8-32(22-33)28-52-14-16-53(17-15-52)30(4)55/h7-11,20-24,27,36H,5-6,12-19,25-26,28H2,1-4H3,(H,47,56)(H,48,57)(H,50,51). The Bertz CT molecular complexity index is 2290. The summed E-state index contributed by atoms with van der Waals surface area (Å²) in [5.41, 5.74) is 8.08. The van der Waals surface area contributed by atoms with Crippen LogP contribution in [0.1, 0.15) is 82.3 Å². The van der Waals surface area contributed by atoms with Gasteiger partial charge in [-0.2, -0.15) is 5.10 Å². The van der Waals surface area contributed by atoms with Gasteiger partial charge in [0, 0.05) is 106 Å². The molecule has 3 aromatic carbocycles. The van der Waals surface area contributed by atoms with E-state index in [1.165, 1.54) is 6.07 Å². The van der Waals surface area contributed by atoms with Crippen molar-refractivity contribution in [2.45, 2.75) is 79.2 Å². The van der Waals surface area contributed by atoms with E-state index in [0.717, 1.165) is 76.2 Å². The van der Waals surface area contributed by atoms with E-state index in [1.54, 1.807) is 37.3 Å². The smallest absolute Gasteiger partial charge is 0.251 e. The molecule has 2 fully saturated rings. The van der Waals surface area contributed by atoms with Crippen LogP contribution in [0.4, 0.5) is 10.1 Å². The molecule has 2 aliphatic rings. The first-order valence-corrected chi connectivity index (χ1v) is 20.3. The van der Waals surface area contributed by atoms with Crippen LogP contribution < -0.4 is 16.0 Å². The van der Waals surface area contributed by atoms with Gasteiger partial charge in [-0.15, -0.1) is 0 Å². The van der Waals surface area contributed by atoms with Crippen molar-refractivity contribution < 1.29 is 23.5 Å². The number of hydrogen-bond acceptors (Lipinski definition) is 8. The van der Waals surface area contributed by atoms with Gasteiger partial charge in [0.05, 0.1) is 17.3 Å². The Morgan fingerprint density at radius 2 is 1.60 bits per heavy atom. The van der Waals surface area contributed by atoms with Gasteiger partial charge in [0.25, 0.3) is 11.8 Å². The number of aromatic nitrogens is 3. The third-order valence-corrected chi connectivity index (χ3v) is 11.1. The summed E-state index contributed by atoms with van der Waals surface area (Å²) in [6.45, 7) is 13.7. The van der Waals surface area contributed by atoms with Crippen LogP contribution in [0.3, 0.4) is 0 Å². The maximum atomic E-state index is 15.2. The molecule has 304 valence electrons. The van der Waals surface area contributed by atoms with Gasteiger partial charge in [0.1, 0.15) is 5.82 Å². The maximum absolute atomic E-state index is 15.2. The molecule has 5 aromatic rings. The van der Waals surface area contributed by atoms with Crippen LogP contribution in [-0.2, 0) is 42.1 Å². The third-order valence-electron chi connectivity index (χ3n) is 11.1. The lowest BCUT2D eigenvalue weighted by Crippen LogP contribution is -2.47. The van der Waals surface area contributed by atoms with Gasteiger partial charge in [-0.3, -0.25) is 19.3 Å². The topological polar surface area (TPSA) is 134 Å². The van der Waals surface area contributed by atoms with E-state index in [0.29, 0.717) is 62.5 Å². The number of fused-ring (bicyclic) bond motifs is 1. The second-order valence-corrected chi connectivity index (χ2v) is 15.2. The van der Waals surface area contributed by atoms with Crippen molar-refractivity contribution in [2.24, 2.45) is 0 Å². The first-order valence-electron chi connectivity index (χ1n) is 20.3. The number of hydrogen-bond donors (Lipinski definition) is 3. The number of piperazine rings is 1. The number of aryl methyl sites for hydroxylation is 3. The highest BCUT2D eigenvalue weighted by molar-refractivity contribution is 6.00. The normalized spacial score (nSPS) is 15.1. The molecule has 0 aliphatic carbocycles. The summed E-state index contributed by atoms with van der Waals surface area (Å²) in [5.74, 6) is -0.890. The predicted octanol–water partition coefficient (Wildman–Crippen LogP) is 6.24. The monoisotopic (exact) mass is 788 g/mol. The van der Waals surface area contributed by atoms with E-state index < -0.39 is 0 Å². The molecular weight excluding hydrogens is 736 g/mol. The van der Waals surface area contributed by atoms with Gasteiger partial charge in [-0.1, -0.05) is 31.2 Å². The highest BCUT2D eigenvalue weighted by Gasteiger charge is 2.23. The number of carbonyl (C=O) groups is 3. The number of anilines is 1. The Hall–Kier alpha value is -5.66. The van der Waals surface area contributed by atoms with Gasteiger partial charge < -0.3 is 25.6 Å². The summed E-state index contributed by atoms with van der Waals surface area (Å²) in [7, 11) is 0. The number of rotatable bonds is 13. The van der Waals surface area contributed by atoms with Crippen molar-refractivity contribution in [3.05, 3.63) is 112 Å². The Labute approximate surface area is 339 Å². The Morgan fingerprint density at radius 3 is 2.29 bits per heavy atom. The molecule has 3 N–H and O–H groups in total. The number of carbonyl (C=O) groups excluding carboxylic acids is 3. The molecule has 2 aliphatic heterocycles. The average Bonchev–Trinajstić information content (AvgIpc) is 3.66. The van der Waals surface area contributed by atoms with Gasteiger partial charge in [-0.25, -0.2) is 14.1 Å². The fraction of sp³-hybridized carbons (Fsp3) is 0.400. The first-order chi connectivity index (χ1) is 28.1. The van der Waals surface area contributed by atoms with E-state index in [4.69, 9.17) is 9.72 Å². The molecule has 2 aromatic heterocycles. The predicted molar refractivity (Wildman–Crippen MR) is 223 cm³/mol. The van der Waals surface area contributed by atoms with Crippen LogP contribution in [0.5, 0.6) is 0 Å². The summed E-state index contributed by atoms with van der Waals surface area (Å²) in [5, 5.41) is 15.3. The lowest BCUT2D eigenvalue weighted by molar-refractivity contribution is -0.130. The molecule has 0 bridgehead atoms. The molecule has 0 spiro atoms. The molecule has 0 unspecified atom stereocenters. The van der Waals surface area contributed by atoms with Crippen molar-refractivity contribution in [2.75, 3.05) is 44.7 Å². The minimum atomic E-state index is -0.346. The Balaban J connectivity index is 1.02. The molecule has 0 atom stereocenters. The number of nitrogens with one attached hydrogen (secondary N) is 3. The van der Waals surface area contributed by atoms with Crippen molar-refractivity contribution in [1.82, 2.24) is 35.2 Å². The second-order valence-electron chi connectivity index (χ2n) is 15.2. The van der Waals surface area contributed by atoms with Gasteiger partial charge in [0.15, 0.2) is 5.65 Å². The molecule has 2 saturated heterocycles. The van der Waals surface area contributed by atoms with Crippen LogP contribution in [0.2, 0.25) is 0 Å². The summed E-state index contributed by atoms with van der Waals surface area (Å²) in [6.07, 6.45) is 4.29. The SMILES string of the molecule is CCc1nc2c(cnn2CC)c(NC2CCOCC2)c1CNC(=O)c1cc(C)cc(C(=O)NCc2ccc(F)c(-c3cccc(CN4CCN(C(C)=O)CC4)c3)c2)c1. The molecule has 7 rings (SSSR count). The van der Waals surface area contributed by atoms with Crippen LogP contribution in [0, 0.1) is 12.7 Å². The first kappa shape index (κ1) is 40.5. The summed E-state index contributed by atoms with van der Waals surface area (Å²) < 4.78 is 22.7. The number of ether oxygens (including phenoxy) is 1. The van der Waals surface area contributed by atoms with E-state index >= 15 is 4.39 Å². The quantitative estimate of drug-likeness (QED) is 0.128. The van der Waals surface area contributed by atoms with Crippen molar-refractivity contribution in [3.63, 3.8) is 0 Å². The number of pyridine rings is 1. The van der Waals surface area contributed by atoms with Crippen molar-refractivity contribution in [3.8, 4) is 11.1 Å². The fourth-order valence-electron chi connectivity index (χ4n) is 7.92. The Kier molecular flexibility index (Phi) is 12.8. The molecule has 0 saturated carbocycles. The zero-order valence-electron chi connectivity index (χ0n) is 33.9. The van der Waals surface area contributed by atoms with E-state index in [2.05, 4.69) is 32.9 Å². The van der Waals surface area contributed by atoms with E-state index in [9.17, 15) is 14.4 Å². The summed E-state index contributed by atoms with van der Waals surface area (Å²) >= 11 is 0. The number of amides is 3. The second kappa shape index (κ2) is 18.3. The summed E-state index contributed by atoms with van der Waals surface area (Å²) in [4.78, 5) is 48.1. The largest absolute Gasteiger partial charge is 0.381 e. The summed E-state index contributed by atoms with van der Waals surface area (Å²) in [6, 6.07) is 18.1. The minimum absolute atomic E-state index is 0.0956. The van der Waals surface area contributed by atoms with Crippen molar-refractivity contribution in [1.29, 1.82) is 0 Å². The van der Waals surface area contributed by atoms with Crippen LogP contribution >= 0.6 is 0 Å². The fourth-order valence-corrected chi connectivity index (χ4v) is 7.92. The third kappa shape index (κ3) is 9.37. The van der Waals surface area contributed by atoms with E-state index in [1.807, 2.05) is 53.9 Å². The maximum Gasteiger partial charge on any atom is 0.251 e. The number of nitrogens with zero attached hydrogens (tertiary/aromatic N) is 5. The van der Waals surface area contributed by atoms with E-state index in [-0.39, 0.29) is 42.7 Å². The molecule has 58 heavy (non-hydrogen) atoms. The molecule has 0 radical (unpaired) electrons. The highest BCUT2D eigenvalue weighted by Crippen LogP contribution is 2.32. The lowest BCUT2D eigenvalue weighted by Gasteiger charge is -2.34. The zero-order valence-corrected chi connectivity index (χ0v) is 33.9.